The Kier molecular flexibility index (Phi) is 3.07. The van der Waals surface area contributed by atoms with Crippen molar-refractivity contribution in [3.63, 3.8) is 0 Å². The molecule has 4 nitrogen and oxygen atoms in total. The van der Waals surface area contributed by atoms with Crippen LogP contribution >= 0.6 is 0 Å². The van der Waals surface area contributed by atoms with Crippen molar-refractivity contribution in [2.24, 2.45) is 7.05 Å². The van der Waals surface area contributed by atoms with Gasteiger partial charge in [-0.25, -0.2) is 4.98 Å². The van der Waals surface area contributed by atoms with Gasteiger partial charge in [0.2, 0.25) is 0 Å². The molecule has 1 aliphatic heterocycles. The van der Waals surface area contributed by atoms with Crippen LogP contribution in [0.4, 0.5) is 0 Å². The molecule has 0 radical (unpaired) electrons. The molecule has 0 bridgehead atoms. The van der Waals surface area contributed by atoms with E-state index in [1.54, 1.807) is 0 Å². The summed E-state index contributed by atoms with van der Waals surface area (Å²) in [6.45, 7) is 2.27. The maximum absolute atomic E-state index is 4.47. The number of hydrogen-bond acceptors (Lipinski definition) is 3. The molecule has 0 spiro atoms. The molecule has 2 atom stereocenters. The zero-order valence-electron chi connectivity index (χ0n) is 9.77. The van der Waals surface area contributed by atoms with Crippen LogP contribution in [0.1, 0.15) is 18.2 Å². The first-order chi connectivity index (χ1) is 7.22. The van der Waals surface area contributed by atoms with Crippen molar-refractivity contribution in [2.45, 2.75) is 18.4 Å². The van der Waals surface area contributed by atoms with Crippen LogP contribution in [-0.2, 0) is 7.05 Å². The Labute approximate surface area is 91.3 Å². The summed E-state index contributed by atoms with van der Waals surface area (Å²) >= 11 is 0. The van der Waals surface area contributed by atoms with Gasteiger partial charge in [0.25, 0.3) is 0 Å². The van der Waals surface area contributed by atoms with Gasteiger partial charge in [0.15, 0.2) is 0 Å². The summed E-state index contributed by atoms with van der Waals surface area (Å²) in [5.74, 6) is 1.76. The summed E-state index contributed by atoms with van der Waals surface area (Å²) in [5.41, 5.74) is 0. The van der Waals surface area contributed by atoms with Crippen molar-refractivity contribution >= 4 is 0 Å². The largest absolute Gasteiger partial charge is 0.338 e. The number of rotatable bonds is 2. The highest BCUT2D eigenvalue weighted by Gasteiger charge is 2.29. The number of likely N-dealkylation sites (N-methyl/N-ethyl adjacent to an activating group) is 2. The fourth-order valence-corrected chi connectivity index (χ4v) is 2.45. The molecule has 0 saturated carbocycles. The minimum Gasteiger partial charge on any atom is -0.338 e. The lowest BCUT2D eigenvalue weighted by Crippen LogP contribution is -2.47. The second-order valence-corrected chi connectivity index (χ2v) is 4.45. The third-order valence-corrected chi connectivity index (χ3v) is 3.38. The molecule has 1 aromatic heterocycles. The highest BCUT2D eigenvalue weighted by atomic mass is 15.2. The van der Waals surface area contributed by atoms with Crippen molar-refractivity contribution in [3.8, 4) is 0 Å². The van der Waals surface area contributed by atoms with Crippen LogP contribution in [-0.4, -0.2) is 47.7 Å². The van der Waals surface area contributed by atoms with Crippen molar-refractivity contribution in [3.05, 3.63) is 18.2 Å². The second kappa shape index (κ2) is 4.33. The van der Waals surface area contributed by atoms with Gasteiger partial charge in [-0.3, -0.25) is 0 Å². The Balaban J connectivity index is 2.17. The van der Waals surface area contributed by atoms with Gasteiger partial charge in [0.1, 0.15) is 5.82 Å². The summed E-state index contributed by atoms with van der Waals surface area (Å²) in [6.07, 6.45) is 5.10. The fourth-order valence-electron chi connectivity index (χ4n) is 2.45. The van der Waals surface area contributed by atoms with Gasteiger partial charge >= 0.3 is 0 Å². The van der Waals surface area contributed by atoms with Gasteiger partial charge in [0.05, 0.1) is 0 Å². The van der Waals surface area contributed by atoms with Gasteiger partial charge in [-0.2, -0.15) is 0 Å². The van der Waals surface area contributed by atoms with Crippen LogP contribution in [0.25, 0.3) is 0 Å². The van der Waals surface area contributed by atoms with E-state index in [1.807, 2.05) is 19.4 Å². The molecular formula is C11H20N4. The van der Waals surface area contributed by atoms with Crippen molar-refractivity contribution in [1.82, 2.24) is 19.8 Å². The predicted molar refractivity (Wildman–Crippen MR) is 60.9 cm³/mol. The Morgan fingerprint density at radius 3 is 2.87 bits per heavy atom. The highest BCUT2D eigenvalue weighted by molar-refractivity contribution is 5.06. The molecule has 4 heteroatoms. The molecule has 1 N–H and O–H groups in total. The summed E-state index contributed by atoms with van der Waals surface area (Å²) in [7, 11) is 6.30. The third kappa shape index (κ3) is 2.06. The maximum atomic E-state index is 4.47. The monoisotopic (exact) mass is 208 g/mol. The summed E-state index contributed by atoms with van der Waals surface area (Å²) in [6, 6.07) is 0.518. The second-order valence-electron chi connectivity index (χ2n) is 4.45. The van der Waals surface area contributed by atoms with E-state index in [4.69, 9.17) is 0 Å². The molecule has 84 valence electrons. The Morgan fingerprint density at radius 1 is 1.47 bits per heavy atom. The fraction of sp³-hybridized carbons (Fsp3) is 0.727. The van der Waals surface area contributed by atoms with Crippen LogP contribution in [0, 0.1) is 0 Å². The average molecular weight is 208 g/mol. The van der Waals surface area contributed by atoms with Gasteiger partial charge in [-0.05, 0) is 27.1 Å². The molecular weight excluding hydrogens is 188 g/mol. The number of imidazole rings is 1. The standard InChI is InChI=1S/C11H20N4/c1-12-10-8-14(2)6-4-9(10)11-13-5-7-15(11)3/h5,7,9-10,12H,4,6,8H2,1-3H3. The summed E-state index contributed by atoms with van der Waals surface area (Å²) < 4.78 is 2.14. The number of nitrogens with one attached hydrogen (secondary N) is 1. The van der Waals surface area contributed by atoms with Gasteiger partial charge in [-0.1, -0.05) is 0 Å². The summed E-state index contributed by atoms with van der Waals surface area (Å²) in [5, 5.41) is 3.40. The van der Waals surface area contributed by atoms with E-state index in [9.17, 15) is 0 Å². The lowest BCUT2D eigenvalue weighted by Gasteiger charge is -2.36. The van der Waals surface area contributed by atoms with E-state index < -0.39 is 0 Å². The zero-order chi connectivity index (χ0) is 10.8. The average Bonchev–Trinajstić information content (AvgIpc) is 2.64. The van der Waals surface area contributed by atoms with Gasteiger partial charge < -0.3 is 14.8 Å². The van der Waals surface area contributed by atoms with E-state index in [0.717, 1.165) is 13.1 Å². The van der Waals surface area contributed by atoms with Crippen LogP contribution in [0.3, 0.4) is 0 Å². The predicted octanol–water partition coefficient (Wildman–Crippen LogP) is 0.427. The van der Waals surface area contributed by atoms with Gasteiger partial charge in [-0.15, -0.1) is 0 Å². The van der Waals surface area contributed by atoms with Gasteiger partial charge in [0, 0.05) is 37.9 Å². The first-order valence-corrected chi connectivity index (χ1v) is 5.55. The van der Waals surface area contributed by atoms with Crippen LogP contribution in [0.15, 0.2) is 12.4 Å². The highest BCUT2D eigenvalue weighted by Crippen LogP contribution is 2.26. The lowest BCUT2D eigenvalue weighted by molar-refractivity contribution is 0.204. The van der Waals surface area contributed by atoms with Crippen LogP contribution < -0.4 is 5.32 Å². The molecule has 1 aliphatic rings. The molecule has 0 aliphatic carbocycles. The molecule has 2 heterocycles. The SMILES string of the molecule is CNC1CN(C)CCC1c1nccn1C. The number of likely N-dealkylation sites (tertiary alicyclic amines) is 1. The zero-order valence-corrected chi connectivity index (χ0v) is 9.77. The van der Waals surface area contributed by atoms with E-state index >= 15 is 0 Å². The molecule has 1 fully saturated rings. The van der Waals surface area contributed by atoms with E-state index in [2.05, 4.69) is 33.9 Å². The van der Waals surface area contributed by atoms with E-state index in [-0.39, 0.29) is 0 Å². The molecule has 0 aromatic carbocycles. The lowest BCUT2D eigenvalue weighted by atomic mass is 9.91. The number of aromatic nitrogens is 2. The van der Waals surface area contributed by atoms with E-state index in [1.165, 1.54) is 12.2 Å². The topological polar surface area (TPSA) is 33.1 Å². The molecule has 1 saturated heterocycles. The first kappa shape index (κ1) is 10.6. The van der Waals surface area contributed by atoms with Crippen LogP contribution in [0.2, 0.25) is 0 Å². The smallest absolute Gasteiger partial charge is 0.113 e. The molecule has 2 rings (SSSR count). The minimum absolute atomic E-state index is 0.518. The summed E-state index contributed by atoms with van der Waals surface area (Å²) in [4.78, 5) is 6.84. The number of piperidine rings is 1. The maximum Gasteiger partial charge on any atom is 0.113 e. The van der Waals surface area contributed by atoms with E-state index in [0.29, 0.717) is 12.0 Å². The van der Waals surface area contributed by atoms with Crippen molar-refractivity contribution in [2.75, 3.05) is 27.2 Å². The quantitative estimate of drug-likeness (QED) is 0.765. The normalized spacial score (nSPS) is 28.2. The molecule has 15 heavy (non-hydrogen) atoms. The number of aryl methyl sites for hydroxylation is 1. The molecule has 2 unspecified atom stereocenters. The molecule has 0 amide bonds. The Morgan fingerprint density at radius 2 is 2.27 bits per heavy atom. The Hall–Kier alpha value is -0.870. The van der Waals surface area contributed by atoms with Crippen molar-refractivity contribution in [1.29, 1.82) is 0 Å². The molecule has 1 aromatic rings. The first-order valence-electron chi connectivity index (χ1n) is 5.55. The van der Waals surface area contributed by atoms with Crippen molar-refractivity contribution < 1.29 is 0 Å². The number of hydrogen-bond donors (Lipinski definition) is 1. The number of nitrogens with zero attached hydrogens (tertiary/aromatic N) is 3. The minimum atomic E-state index is 0.518. The third-order valence-electron chi connectivity index (χ3n) is 3.38. The Bertz CT molecular complexity index is 320. The van der Waals surface area contributed by atoms with Crippen LogP contribution in [0.5, 0.6) is 0 Å².